The molecule has 4 nitrogen and oxygen atoms in total. The molecule has 1 saturated heterocycles. The van der Waals surface area contributed by atoms with Crippen LogP contribution in [0.3, 0.4) is 0 Å². The number of thioether (sulfide) groups is 1. The predicted octanol–water partition coefficient (Wildman–Crippen LogP) is 3.10. The number of thiocarbonyl (C=S) groups is 1. The third kappa shape index (κ3) is 3.45. The maximum absolute atomic E-state index is 12.4. The largest absolute Gasteiger partial charge is 0.467 e. The van der Waals surface area contributed by atoms with Crippen LogP contribution in [0.5, 0.6) is 0 Å². The van der Waals surface area contributed by atoms with Gasteiger partial charge in [-0.15, -0.1) is 0 Å². The van der Waals surface area contributed by atoms with Crippen molar-refractivity contribution in [3.05, 3.63) is 39.8 Å². The first kappa shape index (κ1) is 16.0. The summed E-state index contributed by atoms with van der Waals surface area (Å²) < 4.78 is 5.00. The van der Waals surface area contributed by atoms with E-state index >= 15 is 0 Å². The van der Waals surface area contributed by atoms with Crippen molar-refractivity contribution in [3.63, 3.8) is 0 Å². The molecule has 0 aromatic heterocycles. The zero-order valence-electron chi connectivity index (χ0n) is 11.3. The number of amides is 1. The van der Waals surface area contributed by atoms with Crippen LogP contribution >= 0.6 is 35.6 Å². The molecular formula is C14H12ClNO3S2. The maximum atomic E-state index is 12.4. The molecule has 2 rings (SSSR count). The van der Waals surface area contributed by atoms with Gasteiger partial charge in [0.2, 0.25) is 0 Å². The summed E-state index contributed by atoms with van der Waals surface area (Å²) in [5, 5.41) is 0.624. The number of esters is 1. The van der Waals surface area contributed by atoms with Gasteiger partial charge < -0.3 is 4.74 Å². The Bertz CT molecular complexity index is 628. The molecule has 1 atom stereocenters. The molecule has 21 heavy (non-hydrogen) atoms. The van der Waals surface area contributed by atoms with E-state index in [9.17, 15) is 9.59 Å². The summed E-state index contributed by atoms with van der Waals surface area (Å²) in [6.45, 7) is 1.59. The van der Waals surface area contributed by atoms with E-state index in [1.807, 2.05) is 0 Å². The van der Waals surface area contributed by atoms with Crippen molar-refractivity contribution < 1.29 is 14.3 Å². The normalized spacial score (nSPS) is 18.2. The lowest BCUT2D eigenvalue weighted by Crippen LogP contribution is -2.42. The Hall–Kier alpha value is -1.37. The molecule has 0 aliphatic carbocycles. The molecule has 1 unspecified atom stereocenters. The Labute approximate surface area is 137 Å². The van der Waals surface area contributed by atoms with Crippen LogP contribution < -0.4 is 0 Å². The monoisotopic (exact) mass is 341 g/mol. The Kier molecular flexibility index (Phi) is 5.03. The van der Waals surface area contributed by atoms with Crippen molar-refractivity contribution in [1.82, 2.24) is 4.90 Å². The number of halogens is 1. The SMILES string of the molecule is COC(=O)C(C)N1C(=O)/C(=C/c2ccc(Cl)cc2)SC1=S. The number of ether oxygens (including phenoxy) is 1. The second-order valence-electron chi connectivity index (χ2n) is 4.30. The van der Waals surface area contributed by atoms with E-state index in [1.54, 1.807) is 37.3 Å². The molecule has 0 saturated carbocycles. The molecule has 1 aromatic carbocycles. The molecule has 0 N–H and O–H groups in total. The average molecular weight is 342 g/mol. The molecule has 110 valence electrons. The summed E-state index contributed by atoms with van der Waals surface area (Å²) in [5.74, 6) is -0.795. The molecule has 0 radical (unpaired) electrons. The standard InChI is InChI=1S/C14H12ClNO3S2/c1-8(13(18)19-2)16-12(17)11(21-14(16)20)7-9-3-5-10(15)6-4-9/h3-8H,1-2H3/b11-7-. The predicted molar refractivity (Wildman–Crippen MR) is 87.9 cm³/mol. The summed E-state index contributed by atoms with van der Waals surface area (Å²) >= 11 is 12.2. The van der Waals surface area contributed by atoms with Crippen LogP contribution in [0, 0.1) is 0 Å². The van der Waals surface area contributed by atoms with E-state index in [0.29, 0.717) is 14.2 Å². The van der Waals surface area contributed by atoms with Crippen LogP contribution in [0.4, 0.5) is 0 Å². The van der Waals surface area contributed by atoms with Gasteiger partial charge in [0.05, 0.1) is 12.0 Å². The number of hydrogen-bond acceptors (Lipinski definition) is 5. The molecule has 1 heterocycles. The van der Waals surface area contributed by atoms with E-state index in [0.717, 1.165) is 5.56 Å². The van der Waals surface area contributed by atoms with Gasteiger partial charge in [-0.3, -0.25) is 9.69 Å². The quantitative estimate of drug-likeness (QED) is 0.480. The molecule has 1 fully saturated rings. The zero-order chi connectivity index (χ0) is 15.6. The lowest BCUT2D eigenvalue weighted by Gasteiger charge is -2.20. The lowest BCUT2D eigenvalue weighted by atomic mass is 10.2. The van der Waals surface area contributed by atoms with Gasteiger partial charge in [-0.05, 0) is 30.7 Å². The van der Waals surface area contributed by atoms with Gasteiger partial charge in [0.1, 0.15) is 10.4 Å². The smallest absolute Gasteiger partial charge is 0.328 e. The van der Waals surface area contributed by atoms with Gasteiger partial charge >= 0.3 is 5.97 Å². The fourth-order valence-electron chi connectivity index (χ4n) is 1.80. The first-order valence-corrected chi connectivity index (χ1v) is 7.64. The van der Waals surface area contributed by atoms with Crippen LogP contribution in [-0.2, 0) is 14.3 Å². The summed E-state index contributed by atoms with van der Waals surface area (Å²) in [6, 6.07) is 6.35. The Morgan fingerprint density at radius 3 is 2.62 bits per heavy atom. The number of hydrogen-bond donors (Lipinski definition) is 0. The number of rotatable bonds is 3. The van der Waals surface area contributed by atoms with Gasteiger partial charge in [0, 0.05) is 5.02 Å². The Morgan fingerprint density at radius 2 is 2.05 bits per heavy atom. The summed E-state index contributed by atoms with van der Waals surface area (Å²) in [5.41, 5.74) is 0.839. The van der Waals surface area contributed by atoms with Gasteiger partial charge in [-0.2, -0.15) is 0 Å². The van der Waals surface area contributed by atoms with E-state index in [-0.39, 0.29) is 5.91 Å². The van der Waals surface area contributed by atoms with Crippen molar-refractivity contribution in [2.24, 2.45) is 0 Å². The summed E-state index contributed by atoms with van der Waals surface area (Å²) in [4.78, 5) is 25.7. The molecule has 7 heteroatoms. The van der Waals surface area contributed by atoms with Crippen LogP contribution in [0.1, 0.15) is 12.5 Å². The van der Waals surface area contributed by atoms with Crippen molar-refractivity contribution in [2.45, 2.75) is 13.0 Å². The maximum Gasteiger partial charge on any atom is 0.328 e. The molecule has 1 aliphatic heterocycles. The van der Waals surface area contributed by atoms with Crippen LogP contribution in [0.25, 0.3) is 6.08 Å². The number of methoxy groups -OCH3 is 1. The molecular weight excluding hydrogens is 330 g/mol. The molecule has 1 amide bonds. The summed E-state index contributed by atoms with van der Waals surface area (Å²) in [7, 11) is 1.28. The molecule has 0 spiro atoms. The van der Waals surface area contributed by atoms with Gasteiger partial charge in [0.25, 0.3) is 5.91 Å². The van der Waals surface area contributed by atoms with Crippen molar-refractivity contribution >= 4 is 57.9 Å². The minimum Gasteiger partial charge on any atom is -0.467 e. The minimum absolute atomic E-state index is 0.294. The van der Waals surface area contributed by atoms with Crippen LogP contribution in [0.15, 0.2) is 29.2 Å². The minimum atomic E-state index is -0.737. The number of carbonyl (C=O) groups is 2. The topological polar surface area (TPSA) is 46.6 Å². The van der Waals surface area contributed by atoms with Gasteiger partial charge in [-0.1, -0.05) is 47.7 Å². The number of carbonyl (C=O) groups excluding carboxylic acids is 2. The first-order chi connectivity index (χ1) is 9.93. The van der Waals surface area contributed by atoms with Gasteiger partial charge in [0.15, 0.2) is 0 Å². The number of nitrogens with zero attached hydrogens (tertiary/aromatic N) is 1. The third-order valence-electron chi connectivity index (χ3n) is 2.92. The van der Waals surface area contributed by atoms with E-state index < -0.39 is 12.0 Å². The lowest BCUT2D eigenvalue weighted by molar-refractivity contribution is -0.147. The Balaban J connectivity index is 2.25. The van der Waals surface area contributed by atoms with Crippen LogP contribution in [-0.4, -0.2) is 34.2 Å². The third-order valence-corrected chi connectivity index (χ3v) is 4.50. The van der Waals surface area contributed by atoms with E-state index in [1.165, 1.54) is 23.8 Å². The first-order valence-electron chi connectivity index (χ1n) is 6.04. The fraction of sp³-hybridized carbons (Fsp3) is 0.214. The van der Waals surface area contributed by atoms with E-state index in [4.69, 9.17) is 23.8 Å². The summed E-state index contributed by atoms with van der Waals surface area (Å²) in [6.07, 6.45) is 1.72. The zero-order valence-corrected chi connectivity index (χ0v) is 13.7. The van der Waals surface area contributed by atoms with E-state index in [2.05, 4.69) is 4.74 Å². The van der Waals surface area contributed by atoms with Crippen molar-refractivity contribution in [3.8, 4) is 0 Å². The highest BCUT2D eigenvalue weighted by molar-refractivity contribution is 8.26. The van der Waals surface area contributed by atoms with Crippen molar-refractivity contribution in [1.29, 1.82) is 0 Å². The highest BCUT2D eigenvalue weighted by Crippen LogP contribution is 2.34. The van der Waals surface area contributed by atoms with Crippen molar-refractivity contribution in [2.75, 3.05) is 7.11 Å². The fourth-order valence-corrected chi connectivity index (χ4v) is 3.34. The molecule has 1 aromatic rings. The molecule has 0 bridgehead atoms. The average Bonchev–Trinajstić information content (AvgIpc) is 2.74. The van der Waals surface area contributed by atoms with Gasteiger partial charge in [-0.25, -0.2) is 4.79 Å². The highest BCUT2D eigenvalue weighted by Gasteiger charge is 2.38. The second-order valence-corrected chi connectivity index (χ2v) is 6.41. The number of benzene rings is 1. The van der Waals surface area contributed by atoms with Crippen LogP contribution in [0.2, 0.25) is 5.02 Å². The molecule has 1 aliphatic rings. The second kappa shape index (κ2) is 6.60. The Morgan fingerprint density at radius 1 is 1.43 bits per heavy atom. The highest BCUT2D eigenvalue weighted by atomic mass is 35.5.